The summed E-state index contributed by atoms with van der Waals surface area (Å²) < 4.78 is 25.9. The number of nitrogens with one attached hydrogen (secondary N) is 2. The van der Waals surface area contributed by atoms with E-state index in [1.165, 1.54) is 6.20 Å². The van der Waals surface area contributed by atoms with Crippen molar-refractivity contribution >= 4 is 21.5 Å². The summed E-state index contributed by atoms with van der Waals surface area (Å²) >= 11 is 0. The van der Waals surface area contributed by atoms with Crippen molar-refractivity contribution in [3.8, 4) is 0 Å². The Kier molecular flexibility index (Phi) is 5.38. The third kappa shape index (κ3) is 4.73. The molecule has 1 unspecified atom stereocenters. The number of aromatic nitrogens is 1. The van der Waals surface area contributed by atoms with Gasteiger partial charge in [0, 0.05) is 6.04 Å². The summed E-state index contributed by atoms with van der Waals surface area (Å²) in [5.74, 6) is 0.813. The van der Waals surface area contributed by atoms with Gasteiger partial charge in [0.1, 0.15) is 5.82 Å². The van der Waals surface area contributed by atoms with Gasteiger partial charge in [0.15, 0.2) is 0 Å². The quantitative estimate of drug-likeness (QED) is 0.820. The number of sulfonamides is 1. The lowest BCUT2D eigenvalue weighted by molar-refractivity contribution is 0.600. The fourth-order valence-electron chi connectivity index (χ4n) is 2.09. The summed E-state index contributed by atoms with van der Waals surface area (Å²) in [6.07, 6.45) is 2.10. The van der Waals surface area contributed by atoms with Crippen molar-refractivity contribution in [2.24, 2.45) is 0 Å². The number of benzene rings is 1. The fraction of sp³-hybridized carbons (Fsp3) is 0.312. The minimum Gasteiger partial charge on any atom is -0.364 e. The van der Waals surface area contributed by atoms with E-state index in [4.69, 9.17) is 0 Å². The second-order valence-corrected chi connectivity index (χ2v) is 6.97. The molecule has 1 aromatic carbocycles. The van der Waals surface area contributed by atoms with Gasteiger partial charge in [-0.15, -0.1) is 0 Å². The molecule has 6 heteroatoms. The molecule has 5 nitrogen and oxygen atoms in total. The van der Waals surface area contributed by atoms with Crippen molar-refractivity contribution in [3.05, 3.63) is 54.2 Å². The van der Waals surface area contributed by atoms with Crippen LogP contribution in [0.5, 0.6) is 0 Å². The summed E-state index contributed by atoms with van der Waals surface area (Å²) in [7, 11) is -3.27. The van der Waals surface area contributed by atoms with Crippen LogP contribution in [0.1, 0.15) is 31.9 Å². The molecule has 0 bridgehead atoms. The molecule has 0 aliphatic carbocycles. The van der Waals surface area contributed by atoms with Gasteiger partial charge in [0.05, 0.1) is 17.6 Å². The van der Waals surface area contributed by atoms with Crippen LogP contribution in [0.25, 0.3) is 0 Å². The van der Waals surface area contributed by atoms with Crippen molar-refractivity contribution in [2.75, 3.05) is 15.8 Å². The topological polar surface area (TPSA) is 71.1 Å². The van der Waals surface area contributed by atoms with Crippen LogP contribution in [-0.2, 0) is 10.0 Å². The van der Waals surface area contributed by atoms with E-state index in [9.17, 15) is 8.42 Å². The predicted octanol–water partition coefficient (Wildman–Crippen LogP) is 3.41. The Labute approximate surface area is 131 Å². The Bertz CT molecular complexity index is 685. The molecular formula is C16H21N3O2S. The molecule has 0 aliphatic rings. The molecule has 1 aromatic heterocycles. The number of nitrogens with zero attached hydrogens (tertiary/aromatic N) is 1. The number of hydrogen-bond donors (Lipinski definition) is 2. The molecule has 0 spiro atoms. The van der Waals surface area contributed by atoms with Crippen LogP contribution in [0.3, 0.4) is 0 Å². The molecule has 22 heavy (non-hydrogen) atoms. The van der Waals surface area contributed by atoms with Crippen LogP contribution >= 0.6 is 0 Å². The summed E-state index contributed by atoms with van der Waals surface area (Å²) in [6, 6.07) is 13.7. The third-order valence-corrected chi connectivity index (χ3v) is 4.67. The second-order valence-electron chi connectivity index (χ2n) is 5.13. The van der Waals surface area contributed by atoms with E-state index in [1.54, 1.807) is 12.1 Å². The highest BCUT2D eigenvalue weighted by atomic mass is 32.2. The number of rotatable bonds is 7. The summed E-state index contributed by atoms with van der Waals surface area (Å²) in [4.78, 5) is 4.25. The van der Waals surface area contributed by atoms with E-state index in [-0.39, 0.29) is 11.8 Å². The molecule has 0 aliphatic heterocycles. The normalized spacial score (nSPS) is 12.6. The van der Waals surface area contributed by atoms with Crippen LogP contribution in [-0.4, -0.2) is 19.2 Å². The number of hydrogen-bond acceptors (Lipinski definition) is 4. The molecule has 2 aromatic rings. The maximum atomic E-state index is 11.7. The zero-order valence-electron chi connectivity index (χ0n) is 12.8. The van der Waals surface area contributed by atoms with Crippen LogP contribution in [0, 0.1) is 0 Å². The van der Waals surface area contributed by atoms with Gasteiger partial charge in [-0.3, -0.25) is 4.72 Å². The molecule has 2 rings (SSSR count). The van der Waals surface area contributed by atoms with E-state index < -0.39 is 10.0 Å². The highest BCUT2D eigenvalue weighted by Gasteiger charge is 2.09. The molecule has 0 saturated carbocycles. The standard InChI is InChI=1S/C16H21N3O2S/c1-3-11-22(20,21)19-15-9-10-16(17-12-15)18-13(2)14-7-5-4-6-8-14/h4-10,12-13,19H,3,11H2,1-2H3,(H,17,18). The van der Waals surface area contributed by atoms with Gasteiger partial charge in [0.25, 0.3) is 0 Å². The fourth-order valence-corrected chi connectivity index (χ4v) is 3.21. The van der Waals surface area contributed by atoms with Crippen molar-refractivity contribution in [3.63, 3.8) is 0 Å². The monoisotopic (exact) mass is 319 g/mol. The molecule has 0 fully saturated rings. The lowest BCUT2D eigenvalue weighted by Crippen LogP contribution is -2.16. The zero-order chi connectivity index (χ0) is 16.0. The first kappa shape index (κ1) is 16.3. The lowest BCUT2D eigenvalue weighted by atomic mass is 10.1. The molecule has 1 heterocycles. The second kappa shape index (κ2) is 7.26. The maximum absolute atomic E-state index is 11.7. The summed E-state index contributed by atoms with van der Waals surface area (Å²) in [5.41, 5.74) is 1.64. The first-order chi connectivity index (χ1) is 10.5. The van der Waals surface area contributed by atoms with E-state index in [0.29, 0.717) is 17.9 Å². The molecule has 2 N–H and O–H groups in total. The van der Waals surface area contributed by atoms with Crippen molar-refractivity contribution in [1.82, 2.24) is 4.98 Å². The molecule has 0 saturated heterocycles. The Hall–Kier alpha value is -2.08. The third-order valence-electron chi connectivity index (χ3n) is 3.17. The Morgan fingerprint density at radius 3 is 2.45 bits per heavy atom. The highest BCUT2D eigenvalue weighted by Crippen LogP contribution is 2.18. The zero-order valence-corrected chi connectivity index (χ0v) is 13.6. The van der Waals surface area contributed by atoms with Gasteiger partial charge in [0.2, 0.25) is 10.0 Å². The van der Waals surface area contributed by atoms with Crippen molar-refractivity contribution in [1.29, 1.82) is 0 Å². The summed E-state index contributed by atoms with van der Waals surface area (Å²) in [5, 5.41) is 3.29. The van der Waals surface area contributed by atoms with Gasteiger partial charge in [-0.25, -0.2) is 13.4 Å². The minimum absolute atomic E-state index is 0.109. The van der Waals surface area contributed by atoms with Crippen LogP contribution < -0.4 is 10.0 Å². The van der Waals surface area contributed by atoms with Crippen LogP contribution in [0.15, 0.2) is 48.7 Å². The van der Waals surface area contributed by atoms with Crippen LogP contribution in [0.2, 0.25) is 0 Å². The van der Waals surface area contributed by atoms with Crippen LogP contribution in [0.4, 0.5) is 11.5 Å². The molecular weight excluding hydrogens is 298 g/mol. The van der Waals surface area contributed by atoms with Gasteiger partial charge in [-0.1, -0.05) is 37.3 Å². The average Bonchev–Trinajstić information content (AvgIpc) is 2.49. The Morgan fingerprint density at radius 2 is 1.86 bits per heavy atom. The van der Waals surface area contributed by atoms with Gasteiger partial charge < -0.3 is 5.32 Å². The van der Waals surface area contributed by atoms with Crippen molar-refractivity contribution < 1.29 is 8.42 Å². The SMILES string of the molecule is CCCS(=O)(=O)Nc1ccc(NC(C)c2ccccc2)nc1. The Balaban J connectivity index is 2.00. The first-order valence-electron chi connectivity index (χ1n) is 7.28. The molecule has 1 atom stereocenters. The molecule has 0 radical (unpaired) electrons. The van der Waals surface area contributed by atoms with E-state index in [1.807, 2.05) is 37.3 Å². The number of anilines is 2. The minimum atomic E-state index is -3.27. The van der Waals surface area contributed by atoms with Gasteiger partial charge in [-0.2, -0.15) is 0 Å². The predicted molar refractivity (Wildman–Crippen MR) is 90.4 cm³/mol. The van der Waals surface area contributed by atoms with E-state index in [0.717, 1.165) is 5.56 Å². The Morgan fingerprint density at radius 1 is 1.14 bits per heavy atom. The van der Waals surface area contributed by atoms with E-state index in [2.05, 4.69) is 21.9 Å². The number of pyridine rings is 1. The summed E-state index contributed by atoms with van der Waals surface area (Å²) in [6.45, 7) is 3.88. The van der Waals surface area contributed by atoms with Crippen molar-refractivity contribution in [2.45, 2.75) is 26.3 Å². The maximum Gasteiger partial charge on any atom is 0.232 e. The smallest absolute Gasteiger partial charge is 0.232 e. The largest absolute Gasteiger partial charge is 0.364 e. The highest BCUT2D eigenvalue weighted by molar-refractivity contribution is 7.92. The lowest BCUT2D eigenvalue weighted by Gasteiger charge is -2.15. The molecule has 0 amide bonds. The molecule has 118 valence electrons. The average molecular weight is 319 g/mol. The van der Waals surface area contributed by atoms with Gasteiger partial charge in [-0.05, 0) is 31.0 Å². The van der Waals surface area contributed by atoms with Gasteiger partial charge >= 0.3 is 0 Å². The first-order valence-corrected chi connectivity index (χ1v) is 8.93. The van der Waals surface area contributed by atoms with E-state index >= 15 is 0 Å².